The van der Waals surface area contributed by atoms with Crippen LogP contribution < -0.4 is 5.32 Å². The van der Waals surface area contributed by atoms with E-state index in [0.29, 0.717) is 0 Å². The van der Waals surface area contributed by atoms with Crippen molar-refractivity contribution in [1.82, 2.24) is 15.3 Å². The van der Waals surface area contributed by atoms with Crippen LogP contribution in [0.5, 0.6) is 0 Å². The molecule has 2 heterocycles. The van der Waals surface area contributed by atoms with Crippen molar-refractivity contribution in [3.63, 3.8) is 0 Å². The van der Waals surface area contributed by atoms with E-state index in [2.05, 4.69) is 19.2 Å². The van der Waals surface area contributed by atoms with Gasteiger partial charge in [-0.05, 0) is 39.5 Å². The van der Waals surface area contributed by atoms with Crippen molar-refractivity contribution in [2.75, 3.05) is 6.61 Å². The lowest BCUT2D eigenvalue weighted by Crippen LogP contribution is -2.29. The molecule has 18 heavy (non-hydrogen) atoms. The average Bonchev–Trinajstić information content (AvgIpc) is 2.98. The average molecular weight is 247 g/mol. The lowest BCUT2D eigenvalue weighted by Gasteiger charge is -2.28. The van der Waals surface area contributed by atoms with Gasteiger partial charge in [-0.2, -0.15) is 0 Å². The molecule has 3 rings (SSSR count). The minimum Gasteiger partial charge on any atom is -0.367 e. The zero-order valence-electron chi connectivity index (χ0n) is 11.3. The molecule has 1 aliphatic carbocycles. The van der Waals surface area contributed by atoms with E-state index < -0.39 is 0 Å². The van der Waals surface area contributed by atoms with E-state index in [9.17, 15) is 0 Å². The van der Waals surface area contributed by atoms with Gasteiger partial charge in [-0.3, -0.25) is 0 Å². The standard InChI is InChI=1S/C14H21N3O/c1-3-18-14(6-4-5-7-14)13-16-10(2)11-8-15-9-12(11)17-13/h15H,3-9H2,1-2H3. The van der Waals surface area contributed by atoms with Gasteiger partial charge in [0.25, 0.3) is 0 Å². The molecule has 0 saturated heterocycles. The van der Waals surface area contributed by atoms with E-state index in [1.54, 1.807) is 0 Å². The number of nitrogens with one attached hydrogen (secondary N) is 1. The minimum absolute atomic E-state index is 0.211. The summed E-state index contributed by atoms with van der Waals surface area (Å²) in [4.78, 5) is 9.53. The summed E-state index contributed by atoms with van der Waals surface area (Å²) in [6.45, 7) is 6.65. The summed E-state index contributed by atoms with van der Waals surface area (Å²) in [5.41, 5.74) is 3.36. The molecule has 1 aromatic heterocycles. The van der Waals surface area contributed by atoms with Gasteiger partial charge in [0.15, 0.2) is 5.82 Å². The summed E-state index contributed by atoms with van der Waals surface area (Å²) >= 11 is 0. The monoisotopic (exact) mass is 247 g/mol. The van der Waals surface area contributed by atoms with Crippen molar-refractivity contribution in [1.29, 1.82) is 0 Å². The maximum absolute atomic E-state index is 6.05. The van der Waals surface area contributed by atoms with Crippen LogP contribution in [-0.4, -0.2) is 16.6 Å². The van der Waals surface area contributed by atoms with E-state index in [1.165, 1.54) is 24.1 Å². The third-order valence-corrected chi connectivity index (χ3v) is 4.13. The molecule has 0 spiro atoms. The first-order valence-corrected chi connectivity index (χ1v) is 6.97. The minimum atomic E-state index is -0.211. The Morgan fingerprint density at radius 2 is 2.00 bits per heavy atom. The number of aryl methyl sites for hydroxylation is 1. The van der Waals surface area contributed by atoms with Crippen LogP contribution in [0.3, 0.4) is 0 Å². The highest BCUT2D eigenvalue weighted by molar-refractivity contribution is 5.29. The van der Waals surface area contributed by atoms with Crippen molar-refractivity contribution in [2.45, 2.75) is 58.2 Å². The fourth-order valence-corrected chi connectivity index (χ4v) is 3.20. The summed E-state index contributed by atoms with van der Waals surface area (Å²) in [5.74, 6) is 0.918. The smallest absolute Gasteiger partial charge is 0.160 e. The molecule has 1 fully saturated rings. The number of nitrogens with zero attached hydrogens (tertiary/aromatic N) is 2. The highest BCUT2D eigenvalue weighted by atomic mass is 16.5. The number of fused-ring (bicyclic) bond motifs is 1. The van der Waals surface area contributed by atoms with Gasteiger partial charge in [0.2, 0.25) is 0 Å². The Morgan fingerprint density at radius 3 is 2.72 bits per heavy atom. The SMILES string of the molecule is CCOC1(c2nc(C)c3c(n2)CNC3)CCCC1. The van der Waals surface area contributed by atoms with Gasteiger partial charge in [0, 0.05) is 31.0 Å². The molecule has 0 amide bonds. The number of ether oxygens (including phenoxy) is 1. The van der Waals surface area contributed by atoms with Gasteiger partial charge in [0.1, 0.15) is 5.60 Å². The van der Waals surface area contributed by atoms with Crippen LogP contribution in [-0.2, 0) is 23.4 Å². The highest BCUT2D eigenvalue weighted by Gasteiger charge is 2.40. The van der Waals surface area contributed by atoms with Crippen LogP contribution >= 0.6 is 0 Å². The van der Waals surface area contributed by atoms with E-state index in [1.807, 2.05) is 0 Å². The Bertz CT molecular complexity index is 453. The molecule has 0 bridgehead atoms. The lowest BCUT2D eigenvalue weighted by atomic mass is 10.00. The van der Waals surface area contributed by atoms with Crippen LogP contribution in [0, 0.1) is 6.92 Å². The van der Waals surface area contributed by atoms with E-state index in [4.69, 9.17) is 14.7 Å². The topological polar surface area (TPSA) is 47.0 Å². The molecule has 2 aliphatic rings. The second-order valence-electron chi connectivity index (χ2n) is 5.30. The summed E-state index contributed by atoms with van der Waals surface area (Å²) < 4.78 is 6.05. The third-order valence-electron chi connectivity index (χ3n) is 4.13. The predicted molar refractivity (Wildman–Crippen MR) is 69.1 cm³/mol. The van der Waals surface area contributed by atoms with E-state index in [0.717, 1.165) is 44.1 Å². The molecular formula is C14H21N3O. The fourth-order valence-electron chi connectivity index (χ4n) is 3.20. The van der Waals surface area contributed by atoms with E-state index in [-0.39, 0.29) is 5.60 Å². The Hall–Kier alpha value is -1.00. The summed E-state index contributed by atoms with van der Waals surface area (Å²) in [6.07, 6.45) is 4.56. The number of aromatic nitrogens is 2. The molecule has 98 valence electrons. The Morgan fingerprint density at radius 1 is 1.22 bits per heavy atom. The van der Waals surface area contributed by atoms with Crippen LogP contribution in [0.15, 0.2) is 0 Å². The van der Waals surface area contributed by atoms with Crippen LogP contribution in [0.1, 0.15) is 55.4 Å². The molecule has 4 nitrogen and oxygen atoms in total. The first-order valence-electron chi connectivity index (χ1n) is 6.97. The second kappa shape index (κ2) is 4.59. The summed E-state index contributed by atoms with van der Waals surface area (Å²) in [5, 5.41) is 3.35. The molecule has 1 saturated carbocycles. The number of hydrogen-bond acceptors (Lipinski definition) is 4. The summed E-state index contributed by atoms with van der Waals surface area (Å²) in [6, 6.07) is 0. The molecule has 1 N–H and O–H groups in total. The fraction of sp³-hybridized carbons (Fsp3) is 0.714. The van der Waals surface area contributed by atoms with Crippen molar-refractivity contribution in [3.8, 4) is 0 Å². The first kappa shape index (κ1) is 12.1. The molecule has 0 radical (unpaired) electrons. The van der Waals surface area contributed by atoms with Gasteiger partial charge in [-0.15, -0.1) is 0 Å². The molecule has 1 aromatic rings. The molecular weight excluding hydrogens is 226 g/mol. The number of rotatable bonds is 3. The van der Waals surface area contributed by atoms with Gasteiger partial charge >= 0.3 is 0 Å². The zero-order chi connectivity index (χ0) is 12.6. The van der Waals surface area contributed by atoms with Gasteiger partial charge in [-0.25, -0.2) is 9.97 Å². The maximum atomic E-state index is 6.05. The quantitative estimate of drug-likeness (QED) is 0.889. The zero-order valence-corrected chi connectivity index (χ0v) is 11.3. The van der Waals surface area contributed by atoms with Crippen molar-refractivity contribution in [3.05, 3.63) is 22.8 Å². The van der Waals surface area contributed by atoms with Gasteiger partial charge < -0.3 is 10.1 Å². The van der Waals surface area contributed by atoms with Gasteiger partial charge in [0.05, 0.1) is 5.69 Å². The Labute approximate surface area is 108 Å². The Balaban J connectivity index is 2.02. The Kier molecular flexibility index (Phi) is 3.08. The number of hydrogen-bond donors (Lipinski definition) is 1. The lowest BCUT2D eigenvalue weighted by molar-refractivity contribution is -0.0459. The third kappa shape index (κ3) is 1.84. The molecule has 0 unspecified atom stereocenters. The first-order chi connectivity index (χ1) is 8.75. The maximum Gasteiger partial charge on any atom is 0.160 e. The molecule has 1 aliphatic heterocycles. The van der Waals surface area contributed by atoms with E-state index >= 15 is 0 Å². The highest BCUT2D eigenvalue weighted by Crippen LogP contribution is 2.41. The van der Waals surface area contributed by atoms with Crippen LogP contribution in [0.2, 0.25) is 0 Å². The molecule has 4 heteroatoms. The normalized spacial score (nSPS) is 21.2. The molecule has 0 aromatic carbocycles. The van der Waals surface area contributed by atoms with Crippen molar-refractivity contribution in [2.24, 2.45) is 0 Å². The van der Waals surface area contributed by atoms with Crippen LogP contribution in [0.25, 0.3) is 0 Å². The second-order valence-corrected chi connectivity index (χ2v) is 5.30. The van der Waals surface area contributed by atoms with Crippen LogP contribution in [0.4, 0.5) is 0 Å². The largest absolute Gasteiger partial charge is 0.367 e. The predicted octanol–water partition coefficient (Wildman–Crippen LogP) is 2.19. The van der Waals surface area contributed by atoms with Crippen molar-refractivity contribution < 1.29 is 4.74 Å². The summed E-state index contributed by atoms with van der Waals surface area (Å²) in [7, 11) is 0. The van der Waals surface area contributed by atoms with Crippen molar-refractivity contribution >= 4 is 0 Å². The molecule has 0 atom stereocenters. The van der Waals surface area contributed by atoms with Gasteiger partial charge in [-0.1, -0.05) is 0 Å².